The Morgan fingerprint density at radius 2 is 2.30 bits per heavy atom. The number of halogens is 1. The third-order valence-corrected chi connectivity index (χ3v) is 5.13. The van der Waals surface area contributed by atoms with Gasteiger partial charge in [-0.25, -0.2) is 4.98 Å². The summed E-state index contributed by atoms with van der Waals surface area (Å²) in [7, 11) is 0. The van der Waals surface area contributed by atoms with Crippen LogP contribution in [0.15, 0.2) is 39.7 Å². The van der Waals surface area contributed by atoms with Crippen molar-refractivity contribution in [3.63, 3.8) is 0 Å². The van der Waals surface area contributed by atoms with Crippen molar-refractivity contribution in [2.45, 2.75) is 19.5 Å². The Hall–Kier alpha value is -1.89. The van der Waals surface area contributed by atoms with Crippen LogP contribution in [-0.4, -0.2) is 21.4 Å². The average molecular weight is 348 g/mol. The molecule has 3 aromatic rings. The molecule has 4 heterocycles. The van der Waals surface area contributed by atoms with Gasteiger partial charge in [-0.05, 0) is 24.3 Å². The maximum Gasteiger partial charge on any atom is 0.256 e. The van der Waals surface area contributed by atoms with Crippen molar-refractivity contribution in [3.05, 3.63) is 61.4 Å². The number of hydrogen-bond acceptors (Lipinski definition) is 5. The molecular formula is C16H14ClN3O2S. The number of fused-ring (bicyclic) bond motifs is 1. The lowest BCUT2D eigenvalue weighted by molar-refractivity contribution is 0.244. The number of nitrogens with one attached hydrogen (secondary N) is 1. The molecule has 0 unspecified atom stereocenters. The van der Waals surface area contributed by atoms with E-state index >= 15 is 0 Å². The Kier molecular flexibility index (Phi) is 3.80. The van der Waals surface area contributed by atoms with Crippen molar-refractivity contribution in [1.82, 2.24) is 14.9 Å². The smallest absolute Gasteiger partial charge is 0.256 e. The largest absolute Gasteiger partial charge is 0.461 e. The molecule has 0 spiro atoms. The van der Waals surface area contributed by atoms with Gasteiger partial charge >= 0.3 is 0 Å². The van der Waals surface area contributed by atoms with E-state index in [2.05, 4.69) is 14.9 Å². The molecule has 118 valence electrons. The predicted octanol–water partition coefficient (Wildman–Crippen LogP) is 3.30. The third kappa shape index (κ3) is 2.97. The van der Waals surface area contributed by atoms with Crippen molar-refractivity contribution >= 4 is 22.9 Å². The Balaban J connectivity index is 1.59. The topological polar surface area (TPSA) is 62.1 Å². The number of rotatable bonds is 3. The molecule has 0 aliphatic carbocycles. The molecule has 0 bridgehead atoms. The summed E-state index contributed by atoms with van der Waals surface area (Å²) in [6, 6.07) is 7.51. The minimum Gasteiger partial charge on any atom is -0.461 e. The fourth-order valence-electron chi connectivity index (χ4n) is 2.80. The van der Waals surface area contributed by atoms with E-state index in [1.807, 2.05) is 12.1 Å². The summed E-state index contributed by atoms with van der Waals surface area (Å²) in [6.07, 6.45) is 2.33. The van der Waals surface area contributed by atoms with Crippen LogP contribution in [0.2, 0.25) is 4.34 Å². The number of aromatic nitrogens is 2. The van der Waals surface area contributed by atoms with Crippen molar-refractivity contribution < 1.29 is 4.42 Å². The number of aromatic amines is 1. The van der Waals surface area contributed by atoms with Crippen LogP contribution in [0.25, 0.3) is 11.6 Å². The van der Waals surface area contributed by atoms with Crippen LogP contribution in [0.1, 0.15) is 16.1 Å². The first kappa shape index (κ1) is 14.7. The Bertz CT molecular complexity index is 885. The van der Waals surface area contributed by atoms with Crippen molar-refractivity contribution in [3.8, 4) is 11.6 Å². The van der Waals surface area contributed by atoms with Crippen LogP contribution in [0.3, 0.4) is 0 Å². The zero-order valence-corrected chi connectivity index (χ0v) is 13.8. The summed E-state index contributed by atoms with van der Waals surface area (Å²) in [5, 5.41) is 0. The standard InChI is InChI=1S/C16H14ClN3O2S/c17-14-4-3-10(23-14)8-20-6-5-12-11(9-20)16(21)19-15(18-12)13-2-1-7-22-13/h1-4,7H,5-6,8-9H2,(H,18,19,21). The second-order valence-electron chi connectivity index (χ2n) is 5.48. The molecule has 5 nitrogen and oxygen atoms in total. The molecule has 0 radical (unpaired) electrons. The minimum absolute atomic E-state index is 0.0877. The SMILES string of the molecule is O=c1[nH]c(-c2ccco2)nc2c1CN(Cc1ccc(Cl)s1)CC2. The predicted molar refractivity (Wildman–Crippen MR) is 89.7 cm³/mol. The molecule has 3 aromatic heterocycles. The molecule has 1 aliphatic rings. The van der Waals surface area contributed by atoms with Gasteiger partial charge in [0.15, 0.2) is 11.6 Å². The van der Waals surface area contributed by atoms with E-state index in [-0.39, 0.29) is 5.56 Å². The summed E-state index contributed by atoms with van der Waals surface area (Å²) in [4.78, 5) is 23.2. The minimum atomic E-state index is -0.0877. The van der Waals surface area contributed by atoms with Gasteiger partial charge in [0.1, 0.15) is 0 Å². The number of nitrogens with zero attached hydrogens (tertiary/aromatic N) is 2. The van der Waals surface area contributed by atoms with Gasteiger partial charge in [0.25, 0.3) is 5.56 Å². The Morgan fingerprint density at radius 1 is 1.39 bits per heavy atom. The first-order valence-corrected chi connectivity index (χ1v) is 8.51. The van der Waals surface area contributed by atoms with Crippen LogP contribution in [0, 0.1) is 0 Å². The summed E-state index contributed by atoms with van der Waals surface area (Å²) >= 11 is 7.55. The van der Waals surface area contributed by atoms with Crippen LogP contribution in [0.5, 0.6) is 0 Å². The lowest BCUT2D eigenvalue weighted by Gasteiger charge is -2.27. The molecule has 4 rings (SSSR count). The molecule has 1 aliphatic heterocycles. The van der Waals surface area contributed by atoms with Gasteiger partial charge in [0, 0.05) is 30.9 Å². The highest BCUT2D eigenvalue weighted by molar-refractivity contribution is 7.16. The molecule has 0 saturated carbocycles. The summed E-state index contributed by atoms with van der Waals surface area (Å²) in [5.74, 6) is 1.08. The number of furan rings is 1. The zero-order valence-electron chi connectivity index (χ0n) is 12.2. The highest BCUT2D eigenvalue weighted by atomic mass is 35.5. The number of thiophene rings is 1. The van der Waals surface area contributed by atoms with E-state index in [4.69, 9.17) is 16.0 Å². The molecule has 0 amide bonds. The maximum absolute atomic E-state index is 12.4. The second kappa shape index (κ2) is 5.96. The average Bonchev–Trinajstić information content (AvgIpc) is 3.20. The van der Waals surface area contributed by atoms with E-state index in [0.717, 1.165) is 35.1 Å². The van der Waals surface area contributed by atoms with E-state index in [1.165, 1.54) is 4.88 Å². The summed E-state index contributed by atoms with van der Waals surface area (Å²) in [6.45, 7) is 2.28. The van der Waals surface area contributed by atoms with Gasteiger partial charge < -0.3 is 9.40 Å². The maximum atomic E-state index is 12.4. The molecule has 0 saturated heterocycles. The molecule has 0 atom stereocenters. The highest BCUT2D eigenvalue weighted by Crippen LogP contribution is 2.25. The highest BCUT2D eigenvalue weighted by Gasteiger charge is 2.22. The van der Waals surface area contributed by atoms with E-state index in [1.54, 1.807) is 29.7 Å². The summed E-state index contributed by atoms with van der Waals surface area (Å²) < 4.78 is 6.11. The molecule has 1 N–H and O–H groups in total. The summed E-state index contributed by atoms with van der Waals surface area (Å²) in [5.41, 5.74) is 1.52. The van der Waals surface area contributed by atoms with Gasteiger partial charge in [-0.3, -0.25) is 9.69 Å². The van der Waals surface area contributed by atoms with Crippen molar-refractivity contribution in [2.75, 3.05) is 6.54 Å². The van der Waals surface area contributed by atoms with Gasteiger partial charge in [0.2, 0.25) is 0 Å². The van der Waals surface area contributed by atoms with E-state index in [0.29, 0.717) is 18.1 Å². The second-order valence-corrected chi connectivity index (χ2v) is 7.28. The molecule has 0 aromatic carbocycles. The van der Waals surface area contributed by atoms with E-state index < -0.39 is 0 Å². The lowest BCUT2D eigenvalue weighted by Crippen LogP contribution is -2.35. The first-order chi connectivity index (χ1) is 11.2. The van der Waals surface area contributed by atoms with Crippen molar-refractivity contribution in [1.29, 1.82) is 0 Å². The molecule has 23 heavy (non-hydrogen) atoms. The number of H-pyrrole nitrogens is 1. The third-order valence-electron chi connectivity index (χ3n) is 3.91. The van der Waals surface area contributed by atoms with E-state index in [9.17, 15) is 4.79 Å². The van der Waals surface area contributed by atoms with Crippen LogP contribution >= 0.6 is 22.9 Å². The Labute approximate surface area is 141 Å². The fraction of sp³-hybridized carbons (Fsp3) is 0.250. The monoisotopic (exact) mass is 347 g/mol. The van der Waals surface area contributed by atoms with Crippen molar-refractivity contribution in [2.24, 2.45) is 0 Å². The lowest BCUT2D eigenvalue weighted by atomic mass is 10.1. The van der Waals surface area contributed by atoms with Gasteiger partial charge in [-0.15, -0.1) is 11.3 Å². The zero-order chi connectivity index (χ0) is 15.8. The fourth-order valence-corrected chi connectivity index (χ4v) is 3.93. The van der Waals surface area contributed by atoms with Crippen LogP contribution < -0.4 is 5.56 Å². The molecular weight excluding hydrogens is 334 g/mol. The van der Waals surface area contributed by atoms with Crippen LogP contribution in [0.4, 0.5) is 0 Å². The number of hydrogen-bond donors (Lipinski definition) is 1. The Morgan fingerprint density at radius 3 is 3.04 bits per heavy atom. The normalized spacial score (nSPS) is 14.8. The van der Waals surface area contributed by atoms with Crippen LogP contribution in [-0.2, 0) is 19.5 Å². The quantitative estimate of drug-likeness (QED) is 0.789. The van der Waals surface area contributed by atoms with Gasteiger partial charge in [-0.2, -0.15) is 0 Å². The first-order valence-electron chi connectivity index (χ1n) is 7.31. The van der Waals surface area contributed by atoms with Gasteiger partial charge in [-0.1, -0.05) is 11.6 Å². The molecule has 7 heteroatoms. The van der Waals surface area contributed by atoms with Gasteiger partial charge in [0.05, 0.1) is 21.9 Å². The molecule has 0 fully saturated rings.